The first-order valence-corrected chi connectivity index (χ1v) is 8.62. The zero-order valence-electron chi connectivity index (χ0n) is 15.2. The van der Waals surface area contributed by atoms with E-state index < -0.39 is 0 Å². The molecule has 134 valence electrons. The van der Waals surface area contributed by atoms with Crippen LogP contribution in [0.15, 0.2) is 54.6 Å². The molecule has 6 heteroatoms. The average molecular weight is 357 g/mol. The van der Waals surface area contributed by atoms with Gasteiger partial charge in [-0.25, -0.2) is 0 Å². The predicted octanol–water partition coefficient (Wildman–Crippen LogP) is 4.22. The van der Waals surface area contributed by atoms with Gasteiger partial charge in [0.25, 0.3) is 5.91 Å². The lowest BCUT2D eigenvalue weighted by Gasteiger charge is -2.12. The van der Waals surface area contributed by atoms with Gasteiger partial charge < -0.3 is 10.6 Å². The number of nitrogens with zero attached hydrogens (tertiary/aromatic N) is 3. The van der Waals surface area contributed by atoms with Crippen LogP contribution in [-0.2, 0) is 6.42 Å². The quantitative estimate of drug-likeness (QED) is 0.713. The molecule has 3 rings (SSSR count). The topological polar surface area (TPSA) is 90.7 Å². The van der Waals surface area contributed by atoms with Crippen LogP contribution in [0.4, 0.5) is 17.2 Å². The number of nitriles is 1. The number of carbonyl (C=O) groups excluding carboxylic acids is 1. The van der Waals surface area contributed by atoms with Gasteiger partial charge in [0.15, 0.2) is 11.5 Å². The van der Waals surface area contributed by atoms with Gasteiger partial charge in [-0.1, -0.05) is 37.3 Å². The van der Waals surface area contributed by atoms with Crippen LogP contribution in [0.5, 0.6) is 0 Å². The third-order valence-corrected chi connectivity index (χ3v) is 4.19. The van der Waals surface area contributed by atoms with Gasteiger partial charge in [0.1, 0.15) is 6.07 Å². The summed E-state index contributed by atoms with van der Waals surface area (Å²) in [5.74, 6) is 0.148. The van der Waals surface area contributed by atoms with E-state index in [0.29, 0.717) is 17.1 Å². The second-order valence-electron chi connectivity index (χ2n) is 6.00. The Morgan fingerprint density at radius 3 is 2.59 bits per heavy atom. The smallest absolute Gasteiger partial charge is 0.276 e. The van der Waals surface area contributed by atoms with E-state index >= 15 is 0 Å². The molecule has 0 unspecified atom stereocenters. The number of carbonyl (C=O) groups is 1. The highest BCUT2D eigenvalue weighted by molar-refractivity contribution is 6.03. The highest BCUT2D eigenvalue weighted by atomic mass is 16.1. The summed E-state index contributed by atoms with van der Waals surface area (Å²) in [5, 5.41) is 23.2. The van der Waals surface area contributed by atoms with Crippen molar-refractivity contribution in [3.8, 4) is 6.07 Å². The maximum atomic E-state index is 12.5. The second-order valence-corrected chi connectivity index (χ2v) is 6.00. The molecular weight excluding hydrogens is 338 g/mol. The normalized spacial score (nSPS) is 10.1. The van der Waals surface area contributed by atoms with E-state index in [0.717, 1.165) is 23.2 Å². The van der Waals surface area contributed by atoms with Crippen LogP contribution in [-0.4, -0.2) is 16.1 Å². The van der Waals surface area contributed by atoms with Crippen molar-refractivity contribution in [3.05, 3.63) is 77.0 Å². The van der Waals surface area contributed by atoms with Gasteiger partial charge in [0, 0.05) is 5.69 Å². The van der Waals surface area contributed by atoms with Crippen molar-refractivity contribution in [2.24, 2.45) is 0 Å². The van der Waals surface area contributed by atoms with Crippen LogP contribution in [0.3, 0.4) is 0 Å². The molecule has 0 saturated heterocycles. The standard InChI is InChI=1S/C21H19N5O/c1-3-15-9-6-7-14(2)20(15)24-21(27)18-11-12-19(26-25-18)23-17-10-5-4-8-16(17)13-22/h4-12H,3H2,1-2H3,(H,23,26)(H,24,27). The van der Waals surface area contributed by atoms with E-state index in [1.165, 1.54) is 0 Å². The van der Waals surface area contributed by atoms with Gasteiger partial charge in [-0.15, -0.1) is 10.2 Å². The van der Waals surface area contributed by atoms with Gasteiger partial charge in [-0.05, 0) is 48.7 Å². The molecule has 1 amide bonds. The third kappa shape index (κ3) is 4.10. The summed E-state index contributed by atoms with van der Waals surface area (Å²) in [6.45, 7) is 4.00. The van der Waals surface area contributed by atoms with Crippen molar-refractivity contribution in [1.82, 2.24) is 10.2 Å². The van der Waals surface area contributed by atoms with Crippen molar-refractivity contribution in [2.45, 2.75) is 20.3 Å². The van der Waals surface area contributed by atoms with Crippen LogP contribution in [0.2, 0.25) is 0 Å². The number of benzene rings is 2. The predicted molar refractivity (Wildman–Crippen MR) is 105 cm³/mol. The van der Waals surface area contributed by atoms with E-state index in [-0.39, 0.29) is 11.6 Å². The molecule has 0 saturated carbocycles. The van der Waals surface area contributed by atoms with E-state index in [4.69, 9.17) is 5.26 Å². The van der Waals surface area contributed by atoms with Crippen LogP contribution in [0, 0.1) is 18.3 Å². The van der Waals surface area contributed by atoms with Crippen LogP contribution in [0.25, 0.3) is 0 Å². The maximum Gasteiger partial charge on any atom is 0.276 e. The van der Waals surface area contributed by atoms with E-state index in [9.17, 15) is 4.79 Å². The van der Waals surface area contributed by atoms with Crippen molar-refractivity contribution < 1.29 is 4.79 Å². The summed E-state index contributed by atoms with van der Waals surface area (Å²) in [6.07, 6.45) is 0.824. The van der Waals surface area contributed by atoms with Crippen molar-refractivity contribution in [3.63, 3.8) is 0 Å². The lowest BCUT2D eigenvalue weighted by atomic mass is 10.1. The SMILES string of the molecule is CCc1cccc(C)c1NC(=O)c1ccc(Nc2ccccc2C#N)nn1. The molecule has 0 aliphatic rings. The lowest BCUT2D eigenvalue weighted by Crippen LogP contribution is -2.16. The third-order valence-electron chi connectivity index (χ3n) is 4.19. The minimum atomic E-state index is -0.310. The summed E-state index contributed by atoms with van der Waals surface area (Å²) < 4.78 is 0. The highest BCUT2D eigenvalue weighted by Gasteiger charge is 2.13. The molecule has 2 N–H and O–H groups in total. The van der Waals surface area contributed by atoms with Gasteiger partial charge >= 0.3 is 0 Å². The molecule has 3 aromatic rings. The van der Waals surface area contributed by atoms with Gasteiger partial charge in [0.05, 0.1) is 11.3 Å². The Morgan fingerprint density at radius 2 is 1.89 bits per heavy atom. The monoisotopic (exact) mass is 357 g/mol. The first kappa shape index (κ1) is 18.1. The molecule has 2 aromatic carbocycles. The number of anilines is 3. The molecule has 0 aliphatic heterocycles. The number of rotatable bonds is 5. The zero-order chi connectivity index (χ0) is 19.2. The van der Waals surface area contributed by atoms with Crippen LogP contribution < -0.4 is 10.6 Å². The Balaban J connectivity index is 1.76. The summed E-state index contributed by atoms with van der Waals surface area (Å²) in [7, 11) is 0. The number of para-hydroxylation sites is 2. The average Bonchev–Trinajstić information content (AvgIpc) is 2.70. The molecule has 0 aliphatic carbocycles. The van der Waals surface area contributed by atoms with Gasteiger partial charge in [0.2, 0.25) is 0 Å². The van der Waals surface area contributed by atoms with Crippen LogP contribution >= 0.6 is 0 Å². The molecule has 6 nitrogen and oxygen atoms in total. The minimum absolute atomic E-state index is 0.222. The summed E-state index contributed by atoms with van der Waals surface area (Å²) in [5.41, 5.74) is 4.26. The van der Waals surface area contributed by atoms with E-state index in [1.54, 1.807) is 30.3 Å². The number of aromatic nitrogens is 2. The number of aryl methyl sites for hydroxylation is 2. The fourth-order valence-electron chi connectivity index (χ4n) is 2.73. The molecule has 0 bridgehead atoms. The zero-order valence-corrected chi connectivity index (χ0v) is 15.2. The Morgan fingerprint density at radius 1 is 1.07 bits per heavy atom. The fourth-order valence-corrected chi connectivity index (χ4v) is 2.73. The maximum absolute atomic E-state index is 12.5. The molecule has 1 heterocycles. The largest absolute Gasteiger partial charge is 0.338 e. The summed E-state index contributed by atoms with van der Waals surface area (Å²) in [4.78, 5) is 12.5. The minimum Gasteiger partial charge on any atom is -0.338 e. The summed E-state index contributed by atoms with van der Waals surface area (Å²) >= 11 is 0. The first-order chi connectivity index (χ1) is 13.1. The van der Waals surface area contributed by atoms with Gasteiger partial charge in [-0.3, -0.25) is 4.79 Å². The molecule has 0 fully saturated rings. The number of hydrogen-bond donors (Lipinski definition) is 2. The van der Waals surface area contributed by atoms with Crippen molar-refractivity contribution >= 4 is 23.1 Å². The summed E-state index contributed by atoms with van der Waals surface area (Å²) in [6, 6.07) is 18.4. The molecule has 1 aromatic heterocycles. The Kier molecular flexibility index (Phi) is 5.43. The Labute approximate surface area is 157 Å². The van der Waals surface area contributed by atoms with Crippen molar-refractivity contribution in [2.75, 3.05) is 10.6 Å². The van der Waals surface area contributed by atoms with Crippen molar-refractivity contribution in [1.29, 1.82) is 5.26 Å². The molecular formula is C21H19N5O. The van der Waals surface area contributed by atoms with E-state index in [1.807, 2.05) is 38.1 Å². The highest BCUT2D eigenvalue weighted by Crippen LogP contribution is 2.22. The Bertz CT molecular complexity index is 1010. The first-order valence-electron chi connectivity index (χ1n) is 8.62. The molecule has 0 spiro atoms. The number of nitrogens with one attached hydrogen (secondary N) is 2. The number of amides is 1. The Hall–Kier alpha value is -3.72. The second kappa shape index (κ2) is 8.11. The van der Waals surface area contributed by atoms with Crippen LogP contribution in [0.1, 0.15) is 34.1 Å². The molecule has 0 atom stereocenters. The number of hydrogen-bond acceptors (Lipinski definition) is 5. The molecule has 27 heavy (non-hydrogen) atoms. The van der Waals surface area contributed by atoms with Gasteiger partial charge in [-0.2, -0.15) is 5.26 Å². The van der Waals surface area contributed by atoms with E-state index in [2.05, 4.69) is 26.9 Å². The lowest BCUT2D eigenvalue weighted by molar-refractivity contribution is 0.102. The molecule has 0 radical (unpaired) electrons. The fraction of sp³-hybridized carbons (Fsp3) is 0.143.